The molecule has 0 spiro atoms. The summed E-state index contributed by atoms with van der Waals surface area (Å²) < 4.78 is 0. The minimum atomic E-state index is 1.05. The summed E-state index contributed by atoms with van der Waals surface area (Å²) in [6.07, 6.45) is 5.52. The Morgan fingerprint density at radius 3 is 1.22 bits per heavy atom. The van der Waals surface area contributed by atoms with Crippen LogP contribution >= 0.6 is 0 Å². The van der Waals surface area contributed by atoms with Crippen LogP contribution in [0.4, 0.5) is 28.4 Å². The van der Waals surface area contributed by atoms with E-state index in [1.165, 1.54) is 104 Å². The van der Waals surface area contributed by atoms with Gasteiger partial charge in [0.2, 0.25) is 0 Å². The Balaban J connectivity index is 0.000000236. The van der Waals surface area contributed by atoms with Crippen LogP contribution in [0.15, 0.2) is 200 Å². The lowest BCUT2D eigenvalue weighted by Crippen LogP contribution is -2.17. The molecule has 0 fully saturated rings. The quantitative estimate of drug-likeness (QED) is 0.0810. The molecular weight excluding hydrogens is 809 g/mol. The van der Waals surface area contributed by atoms with Crippen LogP contribution in [0.25, 0.3) is 66.0 Å². The Bertz CT molecular complexity index is 3380. The van der Waals surface area contributed by atoms with E-state index in [0.29, 0.717) is 0 Å². The number of hydrogen-bond acceptors (Lipinski definition) is 2. The summed E-state index contributed by atoms with van der Waals surface area (Å²) in [6, 6.07) is 73.3. The fourth-order valence-electron chi connectivity index (χ4n) is 9.51. The van der Waals surface area contributed by atoms with Crippen LogP contribution in [-0.4, -0.2) is 6.54 Å². The van der Waals surface area contributed by atoms with Gasteiger partial charge >= 0.3 is 0 Å². The fraction of sp³-hybridized carbons (Fsp3) is 0.138. The molecule has 11 rings (SSSR count). The SMILES string of the molecule is CC.CCCN(c1ccc(C)cc1)c1ccc(C)cc1.Cc1ccc(/C=C/c2ccc(N(c3ccc(C)cc3)c3c4ccccc4c4c5cccc6cccc(c7cccc3c74)c65)cc2)cc1. The Morgan fingerprint density at radius 2 is 0.701 bits per heavy atom. The summed E-state index contributed by atoms with van der Waals surface area (Å²) >= 11 is 0. The normalized spacial score (nSPS) is 11.3. The van der Waals surface area contributed by atoms with Gasteiger partial charge < -0.3 is 9.80 Å². The predicted molar refractivity (Wildman–Crippen MR) is 296 cm³/mol. The summed E-state index contributed by atoms with van der Waals surface area (Å²) in [5.41, 5.74) is 13.5. The minimum Gasteiger partial charge on any atom is -0.342 e. The van der Waals surface area contributed by atoms with E-state index in [-0.39, 0.29) is 0 Å². The van der Waals surface area contributed by atoms with E-state index >= 15 is 0 Å². The Kier molecular flexibility index (Phi) is 13.2. The van der Waals surface area contributed by atoms with Crippen LogP contribution in [0.2, 0.25) is 0 Å². The lowest BCUT2D eigenvalue weighted by molar-refractivity contribution is 0.885. The van der Waals surface area contributed by atoms with Crippen molar-refractivity contribution >= 4 is 94.5 Å². The van der Waals surface area contributed by atoms with Crippen molar-refractivity contribution in [1.29, 1.82) is 0 Å². The number of aryl methyl sites for hydroxylation is 4. The standard InChI is InChI=1S/C46H33N.C17H21N.C2H6/c1-30-16-20-32(21-17-30)22-23-33-24-28-36(29-25-33)47(35-26-18-31(2)19-27-35)46-40-11-4-3-10-39(40)44-41-14-6-9-34-8-5-12-37(43(34)41)38-13-7-15-42(46)45(38)44;1-4-13-18(16-9-5-14(2)6-10-16)17-11-7-15(3)8-12-17;1-2/h3-29H,1-2H3;5-12H,4,13H2,1-3H3;1-2H3/b23-22+;;. The molecule has 0 saturated heterocycles. The van der Waals surface area contributed by atoms with Crippen LogP contribution in [0.5, 0.6) is 0 Å². The summed E-state index contributed by atoms with van der Waals surface area (Å²) in [5.74, 6) is 0. The average molecular weight is 869 g/mol. The first-order valence-corrected chi connectivity index (χ1v) is 24.0. The van der Waals surface area contributed by atoms with E-state index in [1.807, 2.05) is 13.8 Å². The summed E-state index contributed by atoms with van der Waals surface area (Å²) in [6.45, 7) is 15.8. The first-order valence-electron chi connectivity index (χ1n) is 24.0. The largest absolute Gasteiger partial charge is 0.342 e. The van der Waals surface area contributed by atoms with Crippen molar-refractivity contribution in [3.05, 3.63) is 234 Å². The molecular formula is C65H60N2. The van der Waals surface area contributed by atoms with Crippen molar-refractivity contribution in [3.8, 4) is 0 Å². The molecule has 2 heteroatoms. The second-order valence-electron chi connectivity index (χ2n) is 17.5. The molecule has 0 aromatic heterocycles. The Morgan fingerprint density at radius 1 is 0.343 bits per heavy atom. The molecule has 67 heavy (non-hydrogen) atoms. The van der Waals surface area contributed by atoms with E-state index in [1.54, 1.807) is 0 Å². The maximum Gasteiger partial charge on any atom is 0.0619 e. The van der Waals surface area contributed by atoms with Crippen LogP contribution in [0.3, 0.4) is 0 Å². The lowest BCUT2D eigenvalue weighted by Gasteiger charge is -2.30. The first-order chi connectivity index (χ1) is 32.8. The van der Waals surface area contributed by atoms with E-state index in [0.717, 1.165) is 24.3 Å². The number of rotatable bonds is 9. The highest BCUT2D eigenvalue weighted by atomic mass is 15.1. The zero-order valence-electron chi connectivity index (χ0n) is 40.0. The van der Waals surface area contributed by atoms with E-state index in [9.17, 15) is 0 Å². The highest BCUT2D eigenvalue weighted by Gasteiger charge is 2.23. The molecule has 2 nitrogen and oxygen atoms in total. The minimum absolute atomic E-state index is 1.05. The van der Waals surface area contributed by atoms with Gasteiger partial charge in [-0.05, 0) is 131 Å². The van der Waals surface area contributed by atoms with Crippen molar-refractivity contribution in [1.82, 2.24) is 0 Å². The number of fused-ring (bicyclic) bond motifs is 4. The van der Waals surface area contributed by atoms with Crippen LogP contribution < -0.4 is 9.80 Å². The molecule has 0 aliphatic rings. The topological polar surface area (TPSA) is 6.48 Å². The van der Waals surface area contributed by atoms with Crippen molar-refractivity contribution in [2.45, 2.75) is 54.9 Å². The summed E-state index contributed by atoms with van der Waals surface area (Å²) in [4.78, 5) is 4.83. The molecule has 0 aliphatic carbocycles. The Hall–Kier alpha value is -7.68. The predicted octanol–water partition coefficient (Wildman–Crippen LogP) is 19.0. The molecule has 0 aliphatic heterocycles. The number of nitrogens with zero attached hydrogens (tertiary/aromatic N) is 2. The second-order valence-corrected chi connectivity index (χ2v) is 17.5. The van der Waals surface area contributed by atoms with Gasteiger partial charge in [0.15, 0.2) is 0 Å². The second kappa shape index (κ2) is 19.8. The molecule has 330 valence electrons. The van der Waals surface area contributed by atoms with Crippen LogP contribution in [0, 0.1) is 27.7 Å². The van der Waals surface area contributed by atoms with Gasteiger partial charge in [-0.1, -0.05) is 207 Å². The van der Waals surface area contributed by atoms with Crippen molar-refractivity contribution in [2.24, 2.45) is 0 Å². The highest BCUT2D eigenvalue weighted by molar-refractivity contribution is 6.40. The van der Waals surface area contributed by atoms with Gasteiger partial charge in [0, 0.05) is 45.5 Å². The monoisotopic (exact) mass is 868 g/mol. The summed E-state index contributed by atoms with van der Waals surface area (Å²) in [5, 5.41) is 13.0. The van der Waals surface area contributed by atoms with Crippen molar-refractivity contribution < 1.29 is 0 Å². The third kappa shape index (κ3) is 9.01. The third-order valence-electron chi connectivity index (χ3n) is 12.8. The van der Waals surface area contributed by atoms with Gasteiger partial charge in [-0.2, -0.15) is 0 Å². The molecule has 11 aromatic rings. The third-order valence-corrected chi connectivity index (χ3v) is 12.8. The van der Waals surface area contributed by atoms with Gasteiger partial charge in [0.05, 0.1) is 5.69 Å². The first kappa shape index (κ1) is 44.5. The molecule has 0 saturated carbocycles. The fourth-order valence-corrected chi connectivity index (χ4v) is 9.51. The zero-order chi connectivity index (χ0) is 46.4. The smallest absolute Gasteiger partial charge is 0.0619 e. The highest BCUT2D eigenvalue weighted by Crippen LogP contribution is 2.50. The van der Waals surface area contributed by atoms with Gasteiger partial charge in [-0.15, -0.1) is 0 Å². The van der Waals surface area contributed by atoms with Crippen molar-refractivity contribution in [3.63, 3.8) is 0 Å². The average Bonchev–Trinajstić information content (AvgIpc) is 3.37. The number of hydrogen-bond donors (Lipinski definition) is 0. The van der Waals surface area contributed by atoms with Gasteiger partial charge in [0.1, 0.15) is 0 Å². The molecule has 0 N–H and O–H groups in total. The van der Waals surface area contributed by atoms with Gasteiger partial charge in [0.25, 0.3) is 0 Å². The van der Waals surface area contributed by atoms with Gasteiger partial charge in [-0.3, -0.25) is 0 Å². The molecule has 0 heterocycles. The molecule has 0 radical (unpaired) electrons. The molecule has 0 bridgehead atoms. The van der Waals surface area contributed by atoms with Crippen LogP contribution in [0.1, 0.15) is 60.6 Å². The summed E-state index contributed by atoms with van der Waals surface area (Å²) in [7, 11) is 0. The number of benzene rings is 11. The van der Waals surface area contributed by atoms with Crippen molar-refractivity contribution in [2.75, 3.05) is 16.3 Å². The molecule has 0 unspecified atom stereocenters. The number of anilines is 5. The lowest BCUT2D eigenvalue weighted by atomic mass is 9.86. The molecule has 11 aromatic carbocycles. The Labute approximate surface area is 397 Å². The maximum absolute atomic E-state index is 2.46. The van der Waals surface area contributed by atoms with E-state index in [4.69, 9.17) is 0 Å². The van der Waals surface area contributed by atoms with E-state index in [2.05, 4.69) is 257 Å². The van der Waals surface area contributed by atoms with Crippen LogP contribution in [-0.2, 0) is 0 Å². The maximum atomic E-state index is 2.46. The van der Waals surface area contributed by atoms with Gasteiger partial charge in [-0.25, -0.2) is 0 Å². The molecule has 0 amide bonds. The molecule has 0 atom stereocenters. The zero-order valence-corrected chi connectivity index (χ0v) is 40.0. The van der Waals surface area contributed by atoms with E-state index < -0.39 is 0 Å².